The molecule has 21 nitrogen and oxygen atoms in total. The highest BCUT2D eigenvalue weighted by atomic mass is 16.5. The number of phenolic OH excluding ortho intramolecular Hbond substituents is 1. The van der Waals surface area contributed by atoms with E-state index in [1.165, 1.54) is 24.0 Å². The molecule has 0 saturated carbocycles. The number of nitrogens with zero attached hydrogens (tertiary/aromatic N) is 3. The quantitative estimate of drug-likeness (QED) is 0.0214. The lowest BCUT2D eigenvalue weighted by molar-refractivity contribution is -0.870. The van der Waals surface area contributed by atoms with Gasteiger partial charge in [-0.25, -0.2) is 0 Å². The summed E-state index contributed by atoms with van der Waals surface area (Å²) < 4.78 is 12.4. The highest BCUT2D eigenvalue weighted by Gasteiger charge is 2.48. The Balaban J connectivity index is 1.07. The monoisotopic (exact) mass is 1160 g/mol. The second kappa shape index (κ2) is 30.9. The van der Waals surface area contributed by atoms with Crippen molar-refractivity contribution in [2.24, 2.45) is 5.92 Å². The molecule has 0 bridgehead atoms. The lowest BCUT2D eigenvalue weighted by Crippen LogP contribution is -2.60. The number of aliphatic hydroxyl groups is 3. The number of likely N-dealkylation sites (tertiary alicyclic amines) is 2. The maximum Gasteiger partial charge on any atom is 0.251 e. The summed E-state index contributed by atoms with van der Waals surface area (Å²) in [4.78, 5) is 100. The Morgan fingerprint density at radius 3 is 1.87 bits per heavy atom. The van der Waals surface area contributed by atoms with Crippen LogP contribution < -0.4 is 31.3 Å². The van der Waals surface area contributed by atoms with Crippen molar-refractivity contribution in [3.63, 3.8) is 0 Å². The zero-order valence-electron chi connectivity index (χ0n) is 49.7. The van der Waals surface area contributed by atoms with E-state index in [1.54, 1.807) is 50.2 Å². The topological polar surface area (TPSA) is 286 Å². The van der Waals surface area contributed by atoms with Gasteiger partial charge in [0.05, 0.1) is 59.2 Å². The van der Waals surface area contributed by atoms with Crippen LogP contribution in [0.3, 0.4) is 0 Å². The first-order chi connectivity index (χ1) is 40.0. The van der Waals surface area contributed by atoms with Gasteiger partial charge in [0.2, 0.25) is 35.4 Å². The van der Waals surface area contributed by atoms with Crippen LogP contribution in [0.15, 0.2) is 97.1 Å². The Kier molecular flexibility index (Phi) is 24.2. The number of rotatable bonds is 29. The van der Waals surface area contributed by atoms with Crippen molar-refractivity contribution in [3.05, 3.63) is 108 Å². The van der Waals surface area contributed by atoms with Crippen molar-refractivity contribution in [2.45, 2.75) is 141 Å². The number of hydrogen-bond acceptors (Lipinski definition) is 13. The van der Waals surface area contributed by atoms with Gasteiger partial charge in [0, 0.05) is 31.0 Å². The molecule has 0 radical (unpaired) electrons. The highest BCUT2D eigenvalue weighted by molar-refractivity contribution is 5.99. The molecule has 10 atom stereocenters. The van der Waals surface area contributed by atoms with E-state index >= 15 is 0 Å². The summed E-state index contributed by atoms with van der Waals surface area (Å²) in [7, 11) is 6.03. The fraction of sp³-hybridized carbons (Fsp3) is 0.508. The molecule has 2 aliphatic heterocycles. The molecule has 0 aromatic heterocycles. The first-order valence-corrected chi connectivity index (χ1v) is 29.3. The summed E-state index contributed by atoms with van der Waals surface area (Å²) in [5, 5.41) is 56.2. The number of benzene rings is 4. The van der Waals surface area contributed by atoms with Crippen molar-refractivity contribution in [2.75, 3.05) is 60.5 Å². The van der Waals surface area contributed by atoms with Crippen LogP contribution in [0.1, 0.15) is 95.5 Å². The normalized spacial score (nSPS) is 19.5. The molecule has 2 heterocycles. The second-order valence-electron chi connectivity index (χ2n) is 23.0. The summed E-state index contributed by atoms with van der Waals surface area (Å²) in [6.45, 7) is 9.42. The van der Waals surface area contributed by atoms with Crippen molar-refractivity contribution in [1.29, 1.82) is 0 Å². The van der Waals surface area contributed by atoms with Crippen LogP contribution >= 0.6 is 0 Å². The van der Waals surface area contributed by atoms with Crippen LogP contribution in [0.4, 0.5) is 0 Å². The molecule has 84 heavy (non-hydrogen) atoms. The molecule has 21 heteroatoms. The highest BCUT2D eigenvalue weighted by Crippen LogP contribution is 2.29. The van der Waals surface area contributed by atoms with Crippen molar-refractivity contribution >= 4 is 41.4 Å². The van der Waals surface area contributed by atoms with Crippen LogP contribution in [0.5, 0.6) is 11.5 Å². The predicted octanol–water partition coefficient (Wildman–Crippen LogP) is 3.65. The van der Waals surface area contributed by atoms with Gasteiger partial charge >= 0.3 is 0 Å². The van der Waals surface area contributed by atoms with Crippen molar-refractivity contribution in [3.8, 4) is 33.8 Å². The van der Waals surface area contributed by atoms with Gasteiger partial charge in [0.25, 0.3) is 5.91 Å². The van der Waals surface area contributed by atoms with Crippen molar-refractivity contribution in [1.82, 2.24) is 36.4 Å². The van der Waals surface area contributed by atoms with Gasteiger partial charge in [0.15, 0.2) is 0 Å². The first-order valence-electron chi connectivity index (χ1n) is 29.3. The number of quaternary nitrogens is 1. The SMILES string of the molecule is CCCCCOc1ccc(-c2ccc(-c3ccc(C(=O)NCC(=O)NC(C(=O)N4C[C@H](O)CC4C(=O)NC(CCc4ccc(O)cc4)C(=O)NC(CC)C(=O)N4C[C@H](C)[C@H](O)C4C(=O)NC(CC)OCC[N+](C)(C)C)[C@@H](C)O)cc3)cc2)cc1. The number of phenols is 1. The fourth-order valence-electron chi connectivity index (χ4n) is 10.2. The van der Waals surface area contributed by atoms with E-state index in [-0.39, 0.29) is 50.1 Å². The number of nitrogens with one attached hydrogen (secondary N) is 5. The minimum atomic E-state index is -1.62. The lowest BCUT2D eigenvalue weighted by atomic mass is 9.99. The zero-order valence-corrected chi connectivity index (χ0v) is 49.7. The largest absolute Gasteiger partial charge is 0.508 e. The van der Waals surface area contributed by atoms with Crippen LogP contribution in [-0.2, 0) is 39.9 Å². The molecule has 2 saturated heterocycles. The second-order valence-corrected chi connectivity index (χ2v) is 23.0. The maximum atomic E-state index is 14.4. The number of aliphatic hydroxyl groups excluding tert-OH is 3. The minimum absolute atomic E-state index is 0.0135. The standard InChI is InChI=1S/C63H86N8O13/c1-9-12-13-33-83-49-29-25-45(26-30-49)43-19-17-42(18-20-43)44-21-23-46(24-22-44)58(77)64-36-53(75)67-55(40(5)72)63(82)69-38-48(74)35-52(69)60(79)66-51(31-16-41-14-27-47(73)28-15-41)59(78)65-50(10-2)62(81)70-37-39(4)57(76)56(70)61(80)68-54(11-3)84-34-32-71(6,7)8/h14-15,17-30,39-40,48,50-52,54-57,72,74,76H,9-13,16,31-38H2,1-8H3,(H5-,64,65,66,67,68,73,75,77,78,79,80)/p+1/t39-,40+,48+,50?,51?,52?,54?,55?,56?,57-/m0/s1. The number of hydrogen-bond donors (Lipinski definition) is 9. The van der Waals surface area contributed by atoms with Gasteiger partial charge in [-0.2, -0.15) is 0 Å². The number of carbonyl (C=O) groups is 7. The number of amides is 7. The molecular formula is C63H87N8O13+. The Morgan fingerprint density at radius 1 is 0.690 bits per heavy atom. The number of β-amino-alcohol motifs (C(OH)–C–C–N with tert-alkyl or cyclic N) is 1. The summed E-state index contributed by atoms with van der Waals surface area (Å²) in [6.07, 6.45) is -0.942. The van der Waals surface area contributed by atoms with E-state index in [9.17, 15) is 54.0 Å². The summed E-state index contributed by atoms with van der Waals surface area (Å²) in [5.74, 6) is -4.82. The Labute approximate surface area is 493 Å². The van der Waals surface area contributed by atoms with Crippen LogP contribution in [0.25, 0.3) is 22.3 Å². The van der Waals surface area contributed by atoms with Gasteiger partial charge in [-0.3, -0.25) is 33.6 Å². The zero-order chi connectivity index (χ0) is 61.3. The van der Waals surface area contributed by atoms with E-state index in [2.05, 4.69) is 33.5 Å². The summed E-state index contributed by atoms with van der Waals surface area (Å²) in [5.41, 5.74) is 4.83. The molecule has 4 aromatic carbocycles. The van der Waals surface area contributed by atoms with Crippen LogP contribution in [0, 0.1) is 5.92 Å². The number of aryl methyl sites for hydroxylation is 1. The van der Waals surface area contributed by atoms with E-state index in [4.69, 9.17) is 9.47 Å². The maximum absolute atomic E-state index is 14.4. The molecule has 456 valence electrons. The van der Waals surface area contributed by atoms with E-state index < -0.39 is 109 Å². The lowest BCUT2D eigenvalue weighted by Gasteiger charge is -2.32. The van der Waals surface area contributed by atoms with Gasteiger partial charge in [-0.05, 0) is 103 Å². The molecule has 4 aromatic rings. The molecule has 2 aliphatic rings. The predicted molar refractivity (Wildman–Crippen MR) is 317 cm³/mol. The Bertz CT molecular complexity index is 2830. The van der Waals surface area contributed by atoms with Crippen LogP contribution in [-0.4, -0.2) is 191 Å². The van der Waals surface area contributed by atoms with Gasteiger partial charge in [-0.15, -0.1) is 0 Å². The third-order valence-corrected chi connectivity index (χ3v) is 15.3. The van der Waals surface area contributed by atoms with Crippen LogP contribution in [0.2, 0.25) is 0 Å². The molecule has 2 fully saturated rings. The number of likely N-dealkylation sites (N-methyl/N-ethyl adjacent to an activating group) is 1. The summed E-state index contributed by atoms with van der Waals surface area (Å²) >= 11 is 0. The Hall–Kier alpha value is -7.43. The molecule has 0 aliphatic carbocycles. The number of aromatic hydroxyl groups is 1. The third-order valence-electron chi connectivity index (χ3n) is 15.3. The molecule has 0 spiro atoms. The summed E-state index contributed by atoms with van der Waals surface area (Å²) in [6, 6.07) is 22.2. The van der Waals surface area contributed by atoms with Crippen molar-refractivity contribution < 1.29 is 67.9 Å². The molecule has 6 rings (SSSR count). The number of carbonyl (C=O) groups excluding carboxylic acids is 7. The van der Waals surface area contributed by atoms with Gasteiger partial charge < -0.3 is 70.8 Å². The first kappa shape index (κ1) is 65.7. The smallest absolute Gasteiger partial charge is 0.251 e. The van der Waals surface area contributed by atoms with E-state index in [1.807, 2.05) is 76.6 Å². The van der Waals surface area contributed by atoms with Gasteiger partial charge in [0.1, 0.15) is 54.5 Å². The minimum Gasteiger partial charge on any atom is -0.508 e. The van der Waals surface area contributed by atoms with Gasteiger partial charge in [-0.1, -0.05) is 101 Å². The molecule has 9 N–H and O–H groups in total. The number of ether oxygens (including phenoxy) is 2. The third kappa shape index (κ3) is 18.5. The Morgan fingerprint density at radius 2 is 1.30 bits per heavy atom. The number of unbranched alkanes of at least 4 members (excludes halogenated alkanes) is 2. The van der Waals surface area contributed by atoms with E-state index in [0.717, 1.165) is 52.2 Å². The molecule has 7 amide bonds. The molecular weight excluding hydrogens is 1080 g/mol. The fourth-order valence-corrected chi connectivity index (χ4v) is 10.2. The average Bonchev–Trinajstić information content (AvgIpc) is 3.22. The van der Waals surface area contributed by atoms with E-state index in [0.29, 0.717) is 36.2 Å². The average molecular weight is 1160 g/mol. The molecule has 6 unspecified atom stereocenters.